The molecule has 3 aliphatic carbocycles. The Labute approximate surface area is 186 Å². The molecule has 30 heavy (non-hydrogen) atoms. The monoisotopic (exact) mass is 430 g/mol. The topological polar surface area (TPSA) is 9.23 Å². The number of benzene rings is 1. The molecule has 0 N–H and O–H groups in total. The second kappa shape index (κ2) is 10.0. The van der Waals surface area contributed by atoms with Crippen LogP contribution < -0.4 is 0 Å². The maximum atomic E-state index is 14.1. The minimum atomic E-state index is -0.293. The number of methoxy groups -OCH3 is 1. The van der Waals surface area contributed by atoms with Gasteiger partial charge in [0.25, 0.3) is 0 Å². The van der Waals surface area contributed by atoms with Gasteiger partial charge < -0.3 is 4.74 Å². The molecule has 0 heterocycles. The van der Waals surface area contributed by atoms with Gasteiger partial charge >= 0.3 is 0 Å². The maximum Gasteiger partial charge on any atom is 0.131 e. The molecule has 0 amide bonds. The van der Waals surface area contributed by atoms with Crippen molar-refractivity contribution in [3.63, 3.8) is 0 Å². The van der Waals surface area contributed by atoms with Crippen molar-refractivity contribution in [2.45, 2.75) is 81.6 Å². The van der Waals surface area contributed by atoms with Gasteiger partial charge in [0.15, 0.2) is 0 Å². The highest BCUT2D eigenvalue weighted by Crippen LogP contribution is 2.46. The van der Waals surface area contributed by atoms with Gasteiger partial charge in [0, 0.05) is 12.7 Å². The Morgan fingerprint density at radius 2 is 1.60 bits per heavy atom. The van der Waals surface area contributed by atoms with Gasteiger partial charge in [0.2, 0.25) is 0 Å². The summed E-state index contributed by atoms with van der Waals surface area (Å²) in [5.41, 5.74) is 1.64. The zero-order chi connectivity index (χ0) is 21.0. The van der Waals surface area contributed by atoms with Crippen LogP contribution in [-0.4, -0.2) is 18.1 Å². The summed E-state index contributed by atoms with van der Waals surface area (Å²) in [6, 6.07) is 7.00. The first kappa shape index (κ1) is 22.1. The Hall–Kier alpha value is -1.12. The lowest BCUT2D eigenvalue weighted by atomic mass is 9.71. The lowest BCUT2D eigenvalue weighted by Gasteiger charge is -2.39. The van der Waals surface area contributed by atoms with Gasteiger partial charge in [-0.1, -0.05) is 62.1 Å². The Morgan fingerprint density at radius 3 is 2.17 bits per heavy atom. The summed E-state index contributed by atoms with van der Waals surface area (Å²) < 4.78 is 19.6. The van der Waals surface area contributed by atoms with Crippen LogP contribution in [0.1, 0.15) is 76.2 Å². The molecule has 1 nitrogen and oxygen atoms in total. The highest BCUT2D eigenvalue weighted by Gasteiger charge is 2.37. The first-order chi connectivity index (χ1) is 14.6. The third kappa shape index (κ3) is 5.19. The van der Waals surface area contributed by atoms with Crippen LogP contribution in [0.4, 0.5) is 4.39 Å². The molecule has 1 aromatic rings. The fraction of sp³-hybridized carbons (Fsp3) is 0.630. The predicted octanol–water partition coefficient (Wildman–Crippen LogP) is 7.94. The summed E-state index contributed by atoms with van der Waals surface area (Å²) >= 11 is 7.08. The van der Waals surface area contributed by atoms with E-state index in [0.717, 1.165) is 23.8 Å². The fourth-order valence-corrected chi connectivity index (χ4v) is 6.25. The normalized spacial score (nSPS) is 34.6. The molecule has 164 valence electrons. The number of halogens is 2. The Balaban J connectivity index is 1.24. The smallest absolute Gasteiger partial charge is 0.131 e. The molecule has 0 aliphatic heterocycles. The van der Waals surface area contributed by atoms with Crippen LogP contribution in [0.3, 0.4) is 0 Å². The van der Waals surface area contributed by atoms with Crippen LogP contribution in [0.25, 0.3) is 5.57 Å². The molecule has 0 saturated heterocycles. The van der Waals surface area contributed by atoms with Gasteiger partial charge in [-0.15, -0.1) is 11.6 Å². The molecular formula is C27H36ClFO. The predicted molar refractivity (Wildman–Crippen MR) is 124 cm³/mol. The SMILES string of the molecule is CO[C@H]1CC[C@H](CC[C@H]2CC[C@H](C3(Cl)C=CC(c4ccccc4F)=CC3)CC2)CC1. The van der Waals surface area contributed by atoms with Crippen molar-refractivity contribution in [1.29, 1.82) is 0 Å². The van der Waals surface area contributed by atoms with E-state index in [0.29, 0.717) is 17.6 Å². The third-order valence-electron chi connectivity index (χ3n) is 8.00. The van der Waals surface area contributed by atoms with Crippen LogP contribution in [0, 0.1) is 23.6 Å². The van der Waals surface area contributed by atoms with Crippen molar-refractivity contribution in [1.82, 2.24) is 0 Å². The van der Waals surface area contributed by atoms with Crippen molar-refractivity contribution in [3.8, 4) is 0 Å². The fourth-order valence-electron chi connectivity index (χ4n) is 5.89. The average molecular weight is 431 g/mol. The molecule has 4 rings (SSSR count). The number of ether oxygens (including phenoxy) is 1. The van der Waals surface area contributed by atoms with E-state index in [-0.39, 0.29) is 10.7 Å². The standard InChI is InChI=1S/C27H36ClFO/c1-30-24-14-10-21(11-15-24)7-6-20-8-12-23(13-9-20)27(28)18-16-22(17-19-27)25-4-2-3-5-26(25)29/h2-5,16-18,20-21,23-24H,6-15,19H2,1H3/t20-,21-,23-,24-,27?. The highest BCUT2D eigenvalue weighted by atomic mass is 35.5. The Kier molecular flexibility index (Phi) is 7.36. The summed E-state index contributed by atoms with van der Waals surface area (Å²) in [5, 5.41) is 0. The van der Waals surface area contributed by atoms with Crippen molar-refractivity contribution in [3.05, 3.63) is 53.9 Å². The molecule has 1 atom stereocenters. The van der Waals surface area contributed by atoms with Crippen molar-refractivity contribution in [2.75, 3.05) is 7.11 Å². The molecule has 0 bridgehead atoms. The van der Waals surface area contributed by atoms with Gasteiger partial charge in [0.05, 0.1) is 11.0 Å². The summed E-state index contributed by atoms with van der Waals surface area (Å²) in [5.74, 6) is 2.16. The van der Waals surface area contributed by atoms with Crippen molar-refractivity contribution < 1.29 is 9.13 Å². The molecule has 1 unspecified atom stereocenters. The number of rotatable bonds is 6. The minimum absolute atomic E-state index is 0.160. The second-order valence-corrected chi connectivity index (χ2v) is 10.5. The zero-order valence-electron chi connectivity index (χ0n) is 18.3. The average Bonchev–Trinajstić information content (AvgIpc) is 2.79. The van der Waals surface area contributed by atoms with E-state index in [1.54, 1.807) is 6.07 Å². The highest BCUT2D eigenvalue weighted by molar-refractivity contribution is 6.26. The molecule has 2 saturated carbocycles. The van der Waals surface area contributed by atoms with Crippen LogP contribution in [0.2, 0.25) is 0 Å². The maximum absolute atomic E-state index is 14.1. The van der Waals surface area contributed by atoms with Gasteiger partial charge in [-0.25, -0.2) is 4.39 Å². The number of allylic oxidation sites excluding steroid dienone is 4. The molecular weight excluding hydrogens is 395 g/mol. The zero-order valence-corrected chi connectivity index (χ0v) is 19.0. The van der Waals surface area contributed by atoms with Crippen molar-refractivity contribution in [2.24, 2.45) is 17.8 Å². The van der Waals surface area contributed by atoms with Gasteiger partial charge in [-0.2, -0.15) is 0 Å². The number of hydrogen-bond acceptors (Lipinski definition) is 1. The molecule has 0 spiro atoms. The Morgan fingerprint density at radius 1 is 0.967 bits per heavy atom. The molecule has 1 aromatic carbocycles. The van der Waals surface area contributed by atoms with Gasteiger partial charge in [0.1, 0.15) is 5.82 Å². The van der Waals surface area contributed by atoms with E-state index in [2.05, 4.69) is 12.2 Å². The largest absolute Gasteiger partial charge is 0.381 e. The van der Waals surface area contributed by atoms with Crippen LogP contribution in [-0.2, 0) is 4.74 Å². The molecule has 2 fully saturated rings. The molecule has 0 radical (unpaired) electrons. The second-order valence-electron chi connectivity index (χ2n) is 9.78. The van der Waals surface area contributed by atoms with E-state index in [1.165, 1.54) is 70.3 Å². The Bertz CT molecular complexity index is 756. The first-order valence-electron chi connectivity index (χ1n) is 11.9. The van der Waals surface area contributed by atoms with Crippen LogP contribution in [0.15, 0.2) is 42.5 Å². The molecule has 3 heteroatoms. The van der Waals surface area contributed by atoms with E-state index in [9.17, 15) is 4.39 Å². The first-order valence-corrected chi connectivity index (χ1v) is 12.3. The van der Waals surface area contributed by atoms with Crippen molar-refractivity contribution >= 4 is 17.2 Å². The summed E-state index contributed by atoms with van der Waals surface area (Å²) in [7, 11) is 1.85. The number of hydrogen-bond donors (Lipinski definition) is 0. The van der Waals surface area contributed by atoms with E-state index in [4.69, 9.17) is 16.3 Å². The van der Waals surface area contributed by atoms with Gasteiger partial charge in [-0.3, -0.25) is 0 Å². The lowest BCUT2D eigenvalue weighted by Crippen LogP contribution is -2.34. The summed E-state index contributed by atoms with van der Waals surface area (Å²) in [6.07, 6.45) is 20.7. The quantitative estimate of drug-likeness (QED) is 0.416. The number of alkyl halides is 1. The van der Waals surface area contributed by atoms with E-state index in [1.807, 2.05) is 25.3 Å². The molecule has 0 aromatic heterocycles. The molecule has 3 aliphatic rings. The van der Waals surface area contributed by atoms with Gasteiger partial charge in [-0.05, 0) is 74.3 Å². The van der Waals surface area contributed by atoms with E-state index >= 15 is 0 Å². The summed E-state index contributed by atoms with van der Waals surface area (Å²) in [6.45, 7) is 0. The lowest BCUT2D eigenvalue weighted by molar-refractivity contribution is 0.0540. The van der Waals surface area contributed by atoms with Crippen LogP contribution >= 0.6 is 11.6 Å². The van der Waals surface area contributed by atoms with E-state index < -0.39 is 0 Å². The van der Waals surface area contributed by atoms with Crippen LogP contribution in [0.5, 0.6) is 0 Å². The minimum Gasteiger partial charge on any atom is -0.381 e. The third-order valence-corrected chi connectivity index (χ3v) is 8.58. The summed E-state index contributed by atoms with van der Waals surface area (Å²) in [4.78, 5) is -0.293.